The van der Waals surface area contributed by atoms with Gasteiger partial charge < -0.3 is 24.3 Å². The summed E-state index contributed by atoms with van der Waals surface area (Å²) in [6.07, 6.45) is 0. The number of fused-ring (bicyclic) bond motifs is 1. The number of methoxy groups -OCH3 is 3. The Kier molecular flexibility index (Phi) is 8.63. The van der Waals surface area contributed by atoms with Crippen LogP contribution in [0.4, 0.5) is 0 Å². The summed E-state index contributed by atoms with van der Waals surface area (Å²) in [4.78, 5) is 31.2. The lowest BCUT2D eigenvalue weighted by Crippen LogP contribution is -2.33. The highest BCUT2D eigenvalue weighted by Gasteiger charge is 2.21. The summed E-state index contributed by atoms with van der Waals surface area (Å²) in [6.45, 7) is -0.453. The lowest BCUT2D eigenvalue weighted by molar-refractivity contribution is -0.124. The Bertz CT molecular complexity index is 1640. The highest BCUT2D eigenvalue weighted by Crippen LogP contribution is 2.41. The molecule has 1 N–H and O–H groups in total. The topological polar surface area (TPSA) is 96.0 Å². The Morgan fingerprint density at radius 1 is 0.738 bits per heavy atom. The Labute approximate surface area is 243 Å². The van der Waals surface area contributed by atoms with Gasteiger partial charge in [0.05, 0.1) is 44.1 Å². The third-order valence-corrected chi connectivity index (χ3v) is 6.80. The van der Waals surface area contributed by atoms with Crippen molar-refractivity contribution in [3.05, 3.63) is 120 Å². The van der Waals surface area contributed by atoms with Gasteiger partial charge in [0.1, 0.15) is 0 Å². The Morgan fingerprint density at radius 2 is 1.31 bits per heavy atom. The van der Waals surface area contributed by atoms with Crippen molar-refractivity contribution in [3.8, 4) is 28.5 Å². The minimum Gasteiger partial charge on any atom is -0.493 e. The molecule has 42 heavy (non-hydrogen) atoms. The van der Waals surface area contributed by atoms with Gasteiger partial charge in [0, 0.05) is 10.9 Å². The van der Waals surface area contributed by atoms with Crippen LogP contribution in [-0.2, 0) is 9.53 Å². The molecular formula is C34H30N2O6. The lowest BCUT2D eigenvalue weighted by atomic mass is 9.99. The summed E-state index contributed by atoms with van der Waals surface area (Å²) in [5, 5.41) is 3.60. The van der Waals surface area contributed by atoms with Crippen molar-refractivity contribution >= 4 is 22.8 Å². The molecule has 0 aliphatic heterocycles. The number of benzene rings is 4. The molecule has 5 rings (SSSR count). The number of ether oxygens (including phenoxy) is 4. The number of amides is 1. The molecule has 1 amide bonds. The Hall–Kier alpha value is -5.37. The molecule has 0 saturated carbocycles. The number of nitrogens with one attached hydrogen (secondary N) is 1. The molecule has 5 aromatic rings. The zero-order valence-corrected chi connectivity index (χ0v) is 23.5. The van der Waals surface area contributed by atoms with Gasteiger partial charge in [-0.15, -0.1) is 0 Å². The molecule has 0 unspecified atom stereocenters. The first-order valence-electron chi connectivity index (χ1n) is 13.3. The van der Waals surface area contributed by atoms with Gasteiger partial charge in [-0.25, -0.2) is 9.78 Å². The van der Waals surface area contributed by atoms with Crippen LogP contribution in [0.25, 0.3) is 22.2 Å². The summed E-state index contributed by atoms with van der Waals surface area (Å²) in [5.41, 5.74) is 3.85. The molecular weight excluding hydrogens is 532 g/mol. The van der Waals surface area contributed by atoms with Crippen LogP contribution in [0.15, 0.2) is 103 Å². The fourth-order valence-corrected chi connectivity index (χ4v) is 4.78. The first-order valence-corrected chi connectivity index (χ1v) is 13.3. The van der Waals surface area contributed by atoms with Gasteiger partial charge in [0.15, 0.2) is 18.1 Å². The summed E-state index contributed by atoms with van der Waals surface area (Å²) >= 11 is 0. The molecule has 8 heteroatoms. The molecule has 8 nitrogen and oxygen atoms in total. The predicted molar refractivity (Wildman–Crippen MR) is 160 cm³/mol. The average molecular weight is 563 g/mol. The van der Waals surface area contributed by atoms with E-state index in [1.807, 2.05) is 78.9 Å². The fourth-order valence-electron chi connectivity index (χ4n) is 4.78. The maximum absolute atomic E-state index is 13.4. The number of esters is 1. The van der Waals surface area contributed by atoms with Crippen LogP contribution < -0.4 is 19.5 Å². The SMILES string of the molecule is COc1cc(-c2cc(C(=O)OCC(=O)NC(c3ccccc3)c3ccccc3)c3ccccc3n2)cc(OC)c1OC. The minimum atomic E-state index is -0.645. The molecule has 0 bridgehead atoms. The summed E-state index contributed by atoms with van der Waals surface area (Å²) in [6, 6.07) is 31.3. The van der Waals surface area contributed by atoms with Crippen molar-refractivity contribution in [3.63, 3.8) is 0 Å². The van der Waals surface area contributed by atoms with Gasteiger partial charge in [0.2, 0.25) is 5.75 Å². The predicted octanol–water partition coefficient (Wildman–Crippen LogP) is 5.99. The molecule has 0 atom stereocenters. The molecule has 4 aromatic carbocycles. The van der Waals surface area contributed by atoms with E-state index in [0.29, 0.717) is 39.4 Å². The molecule has 0 radical (unpaired) electrons. The van der Waals surface area contributed by atoms with E-state index in [4.69, 9.17) is 23.9 Å². The van der Waals surface area contributed by atoms with E-state index in [-0.39, 0.29) is 5.56 Å². The average Bonchev–Trinajstić information content (AvgIpc) is 3.05. The number of rotatable bonds is 10. The first kappa shape index (κ1) is 28.2. The number of carbonyl (C=O) groups excluding carboxylic acids is 2. The Balaban J connectivity index is 1.41. The minimum absolute atomic E-state index is 0.278. The fraction of sp³-hybridized carbons (Fsp3) is 0.147. The van der Waals surface area contributed by atoms with Crippen LogP contribution in [-0.4, -0.2) is 44.8 Å². The Morgan fingerprint density at radius 3 is 1.88 bits per heavy atom. The molecule has 1 aromatic heterocycles. The number of hydrogen-bond donors (Lipinski definition) is 1. The normalized spacial score (nSPS) is 10.8. The maximum Gasteiger partial charge on any atom is 0.339 e. The summed E-state index contributed by atoms with van der Waals surface area (Å²) in [7, 11) is 4.59. The van der Waals surface area contributed by atoms with Gasteiger partial charge >= 0.3 is 5.97 Å². The number of pyridine rings is 1. The standard InChI is InChI=1S/C34H30N2O6/c1-39-29-18-24(19-30(40-2)33(29)41-3)28-20-26(25-16-10-11-17-27(25)35-28)34(38)42-21-31(37)36-32(22-12-6-4-7-13-22)23-14-8-5-9-15-23/h4-20,32H,21H2,1-3H3,(H,36,37). The van der Waals surface area contributed by atoms with Crippen LogP contribution in [0.5, 0.6) is 17.2 Å². The first-order chi connectivity index (χ1) is 20.5. The number of hydrogen-bond acceptors (Lipinski definition) is 7. The van der Waals surface area contributed by atoms with E-state index < -0.39 is 24.5 Å². The van der Waals surface area contributed by atoms with Crippen LogP contribution in [0.1, 0.15) is 27.5 Å². The van der Waals surface area contributed by atoms with Crippen molar-refractivity contribution < 1.29 is 28.5 Å². The van der Waals surface area contributed by atoms with Gasteiger partial charge in [-0.05, 0) is 35.4 Å². The van der Waals surface area contributed by atoms with Crippen molar-refractivity contribution in [1.29, 1.82) is 0 Å². The largest absolute Gasteiger partial charge is 0.493 e. The zero-order valence-electron chi connectivity index (χ0n) is 23.5. The van der Waals surface area contributed by atoms with E-state index in [1.54, 1.807) is 24.3 Å². The van der Waals surface area contributed by atoms with E-state index in [1.165, 1.54) is 21.3 Å². The molecule has 0 fully saturated rings. The second kappa shape index (κ2) is 12.9. The summed E-state index contributed by atoms with van der Waals surface area (Å²) < 4.78 is 22.0. The van der Waals surface area contributed by atoms with E-state index >= 15 is 0 Å². The second-order valence-electron chi connectivity index (χ2n) is 9.38. The number of para-hydroxylation sites is 1. The van der Waals surface area contributed by atoms with Crippen molar-refractivity contribution in [1.82, 2.24) is 10.3 Å². The van der Waals surface area contributed by atoms with Gasteiger partial charge in [0.25, 0.3) is 5.91 Å². The van der Waals surface area contributed by atoms with Crippen LogP contribution in [0.3, 0.4) is 0 Å². The number of nitrogens with zero attached hydrogens (tertiary/aromatic N) is 1. The zero-order chi connectivity index (χ0) is 29.5. The molecule has 0 saturated heterocycles. The number of aromatic nitrogens is 1. The van der Waals surface area contributed by atoms with Crippen molar-refractivity contribution in [2.75, 3.05) is 27.9 Å². The third-order valence-electron chi connectivity index (χ3n) is 6.80. The molecule has 212 valence electrons. The summed E-state index contributed by atoms with van der Waals surface area (Å²) in [5.74, 6) is 0.278. The smallest absolute Gasteiger partial charge is 0.339 e. The van der Waals surface area contributed by atoms with Gasteiger partial charge in [-0.2, -0.15) is 0 Å². The second-order valence-corrected chi connectivity index (χ2v) is 9.38. The third kappa shape index (κ3) is 6.02. The van der Waals surface area contributed by atoms with E-state index in [9.17, 15) is 9.59 Å². The monoisotopic (exact) mass is 562 g/mol. The molecule has 0 aliphatic carbocycles. The highest BCUT2D eigenvalue weighted by molar-refractivity contribution is 6.05. The van der Waals surface area contributed by atoms with Gasteiger partial charge in [-0.1, -0.05) is 78.9 Å². The quantitative estimate of drug-likeness (QED) is 0.209. The van der Waals surface area contributed by atoms with Crippen molar-refractivity contribution in [2.24, 2.45) is 0 Å². The number of carbonyl (C=O) groups is 2. The van der Waals surface area contributed by atoms with Crippen LogP contribution in [0, 0.1) is 0 Å². The molecule has 0 spiro atoms. The molecule has 0 aliphatic rings. The lowest BCUT2D eigenvalue weighted by Gasteiger charge is -2.20. The van der Waals surface area contributed by atoms with Crippen LogP contribution >= 0.6 is 0 Å². The van der Waals surface area contributed by atoms with Crippen molar-refractivity contribution in [2.45, 2.75) is 6.04 Å². The van der Waals surface area contributed by atoms with E-state index in [2.05, 4.69) is 5.32 Å². The maximum atomic E-state index is 13.4. The molecule has 1 heterocycles. The van der Waals surface area contributed by atoms with E-state index in [0.717, 1.165) is 11.1 Å². The highest BCUT2D eigenvalue weighted by atomic mass is 16.5. The van der Waals surface area contributed by atoms with Crippen LogP contribution in [0.2, 0.25) is 0 Å². The van der Waals surface area contributed by atoms with Gasteiger partial charge in [-0.3, -0.25) is 4.79 Å².